The van der Waals surface area contributed by atoms with Crippen molar-refractivity contribution < 1.29 is 9.52 Å². The third-order valence-electron chi connectivity index (χ3n) is 3.33. The van der Waals surface area contributed by atoms with E-state index < -0.39 is 5.60 Å². The van der Waals surface area contributed by atoms with Crippen LogP contribution in [0.15, 0.2) is 4.42 Å². The minimum Gasteiger partial charge on any atom is -0.424 e. The van der Waals surface area contributed by atoms with E-state index in [1.807, 2.05) is 13.8 Å². The van der Waals surface area contributed by atoms with Crippen LogP contribution in [0, 0.1) is 0 Å². The van der Waals surface area contributed by atoms with Crippen molar-refractivity contribution in [2.75, 3.05) is 13.1 Å². The van der Waals surface area contributed by atoms with Gasteiger partial charge >= 0.3 is 0 Å². The van der Waals surface area contributed by atoms with E-state index in [-0.39, 0.29) is 0 Å². The van der Waals surface area contributed by atoms with Crippen molar-refractivity contribution in [3.05, 3.63) is 11.8 Å². The van der Waals surface area contributed by atoms with E-state index in [0.29, 0.717) is 18.3 Å². The van der Waals surface area contributed by atoms with Gasteiger partial charge in [0.2, 0.25) is 11.8 Å². The highest BCUT2D eigenvalue weighted by molar-refractivity contribution is 4.84. The summed E-state index contributed by atoms with van der Waals surface area (Å²) in [5.41, 5.74) is -0.516. The summed E-state index contributed by atoms with van der Waals surface area (Å²) < 4.78 is 5.50. The van der Waals surface area contributed by atoms with Crippen LogP contribution in [-0.2, 0) is 13.0 Å². The molecule has 1 aromatic heterocycles. The molecule has 1 unspecified atom stereocenters. The Morgan fingerprint density at radius 1 is 1.29 bits per heavy atom. The molecule has 5 nitrogen and oxygen atoms in total. The molecule has 1 aliphatic heterocycles. The predicted octanol–water partition coefficient (Wildman–Crippen LogP) is 1.37. The minimum absolute atomic E-state index is 0.516. The fraction of sp³-hybridized carbons (Fsp3) is 0.833. The summed E-state index contributed by atoms with van der Waals surface area (Å²) >= 11 is 0. The first-order valence-corrected chi connectivity index (χ1v) is 6.35. The molecule has 0 bridgehead atoms. The number of rotatable bonds is 3. The summed E-state index contributed by atoms with van der Waals surface area (Å²) in [6, 6.07) is 0. The third-order valence-corrected chi connectivity index (χ3v) is 3.33. The van der Waals surface area contributed by atoms with Crippen LogP contribution >= 0.6 is 0 Å². The Morgan fingerprint density at radius 3 is 2.76 bits per heavy atom. The molecule has 1 N–H and O–H groups in total. The van der Waals surface area contributed by atoms with Gasteiger partial charge in [0.05, 0.1) is 12.1 Å². The molecule has 0 saturated carbocycles. The number of likely N-dealkylation sites (tertiary alicyclic amines) is 1. The van der Waals surface area contributed by atoms with E-state index in [9.17, 15) is 5.11 Å². The van der Waals surface area contributed by atoms with Crippen LogP contribution in [0.2, 0.25) is 0 Å². The summed E-state index contributed by atoms with van der Waals surface area (Å²) in [4.78, 5) is 2.27. The summed E-state index contributed by atoms with van der Waals surface area (Å²) in [6.45, 7) is 6.48. The molecule has 2 rings (SSSR count). The van der Waals surface area contributed by atoms with Crippen LogP contribution in [0.1, 0.15) is 44.9 Å². The summed E-state index contributed by atoms with van der Waals surface area (Å²) in [5.74, 6) is 1.38. The maximum Gasteiger partial charge on any atom is 0.230 e. The van der Waals surface area contributed by atoms with Gasteiger partial charge in [0.25, 0.3) is 0 Å². The summed E-state index contributed by atoms with van der Waals surface area (Å²) in [5, 5.41) is 18.0. The lowest BCUT2D eigenvalue weighted by Crippen LogP contribution is -2.28. The lowest BCUT2D eigenvalue weighted by Gasteiger charge is -2.21. The van der Waals surface area contributed by atoms with Crippen molar-refractivity contribution in [3.8, 4) is 0 Å². The first kappa shape index (κ1) is 12.5. The molecule has 0 spiro atoms. The lowest BCUT2D eigenvalue weighted by molar-refractivity contribution is 0.0441. The standard InChI is InChI=1S/C12H21N3O2/c1-3-10-13-14-11(17-10)9-15-7-4-5-12(2,16)6-8-15/h16H,3-9H2,1-2H3. The maximum atomic E-state index is 10.0. The quantitative estimate of drug-likeness (QED) is 0.863. The first-order valence-electron chi connectivity index (χ1n) is 6.35. The van der Waals surface area contributed by atoms with E-state index in [1.54, 1.807) is 0 Å². The molecule has 1 saturated heterocycles. The molecule has 0 aliphatic carbocycles. The van der Waals surface area contributed by atoms with E-state index in [2.05, 4.69) is 15.1 Å². The molecule has 0 amide bonds. The van der Waals surface area contributed by atoms with Gasteiger partial charge in [0.15, 0.2) is 0 Å². The molecule has 2 heterocycles. The van der Waals surface area contributed by atoms with Crippen LogP contribution in [0.4, 0.5) is 0 Å². The van der Waals surface area contributed by atoms with Crippen LogP contribution in [0.5, 0.6) is 0 Å². The molecule has 0 radical (unpaired) electrons. The molecular weight excluding hydrogens is 218 g/mol. The summed E-state index contributed by atoms with van der Waals surface area (Å²) in [6.07, 6.45) is 3.47. The number of aryl methyl sites for hydroxylation is 1. The first-order chi connectivity index (χ1) is 8.09. The second kappa shape index (κ2) is 5.14. The van der Waals surface area contributed by atoms with Crippen molar-refractivity contribution in [1.29, 1.82) is 0 Å². The average molecular weight is 239 g/mol. The largest absolute Gasteiger partial charge is 0.424 e. The number of aliphatic hydroxyl groups is 1. The number of aromatic nitrogens is 2. The van der Waals surface area contributed by atoms with Crippen molar-refractivity contribution in [2.45, 2.75) is 51.7 Å². The highest BCUT2D eigenvalue weighted by Gasteiger charge is 2.25. The van der Waals surface area contributed by atoms with E-state index in [4.69, 9.17) is 4.42 Å². The zero-order chi connectivity index (χ0) is 12.3. The normalized spacial score (nSPS) is 27.0. The maximum absolute atomic E-state index is 10.0. The van der Waals surface area contributed by atoms with Crippen molar-refractivity contribution in [1.82, 2.24) is 15.1 Å². The van der Waals surface area contributed by atoms with Crippen molar-refractivity contribution in [3.63, 3.8) is 0 Å². The van der Waals surface area contributed by atoms with Crippen molar-refractivity contribution in [2.24, 2.45) is 0 Å². The van der Waals surface area contributed by atoms with Gasteiger partial charge in [0.1, 0.15) is 0 Å². The van der Waals surface area contributed by atoms with E-state index in [1.165, 1.54) is 0 Å². The Bertz CT molecular complexity index is 362. The number of hydrogen-bond donors (Lipinski definition) is 1. The Labute approximate surface area is 102 Å². The molecule has 17 heavy (non-hydrogen) atoms. The van der Waals surface area contributed by atoms with Gasteiger partial charge in [-0.15, -0.1) is 10.2 Å². The molecular formula is C12H21N3O2. The highest BCUT2D eigenvalue weighted by atomic mass is 16.4. The predicted molar refractivity (Wildman–Crippen MR) is 63.4 cm³/mol. The highest BCUT2D eigenvalue weighted by Crippen LogP contribution is 2.22. The van der Waals surface area contributed by atoms with Gasteiger partial charge in [-0.2, -0.15) is 0 Å². The molecule has 1 atom stereocenters. The molecule has 1 aromatic rings. The van der Waals surface area contributed by atoms with Crippen LogP contribution < -0.4 is 0 Å². The number of hydrogen-bond acceptors (Lipinski definition) is 5. The van der Waals surface area contributed by atoms with Gasteiger partial charge in [-0.05, 0) is 32.7 Å². The van der Waals surface area contributed by atoms with Gasteiger partial charge in [-0.1, -0.05) is 6.92 Å². The van der Waals surface area contributed by atoms with Crippen molar-refractivity contribution >= 4 is 0 Å². The zero-order valence-electron chi connectivity index (χ0n) is 10.6. The summed E-state index contributed by atoms with van der Waals surface area (Å²) in [7, 11) is 0. The smallest absolute Gasteiger partial charge is 0.230 e. The fourth-order valence-electron chi connectivity index (χ4n) is 2.16. The topological polar surface area (TPSA) is 62.4 Å². The molecule has 5 heteroatoms. The SMILES string of the molecule is CCc1nnc(CN2CCCC(C)(O)CC2)o1. The van der Waals surface area contributed by atoms with Gasteiger partial charge in [0, 0.05) is 13.0 Å². The number of nitrogens with zero attached hydrogens (tertiary/aromatic N) is 3. The van der Waals surface area contributed by atoms with Crippen LogP contribution in [0.3, 0.4) is 0 Å². The van der Waals surface area contributed by atoms with E-state index in [0.717, 1.165) is 38.8 Å². The zero-order valence-corrected chi connectivity index (χ0v) is 10.6. The van der Waals surface area contributed by atoms with Gasteiger partial charge < -0.3 is 9.52 Å². The van der Waals surface area contributed by atoms with Gasteiger partial charge in [-0.3, -0.25) is 4.90 Å². The third kappa shape index (κ3) is 3.51. The van der Waals surface area contributed by atoms with E-state index >= 15 is 0 Å². The second-order valence-corrected chi connectivity index (χ2v) is 5.07. The molecule has 1 fully saturated rings. The van der Waals surface area contributed by atoms with Crippen LogP contribution in [0.25, 0.3) is 0 Å². The Kier molecular flexibility index (Phi) is 3.79. The molecule has 96 valence electrons. The van der Waals surface area contributed by atoms with Gasteiger partial charge in [-0.25, -0.2) is 0 Å². The molecule has 0 aromatic carbocycles. The van der Waals surface area contributed by atoms with Crippen LogP contribution in [-0.4, -0.2) is 38.9 Å². The molecule has 1 aliphatic rings. The lowest BCUT2D eigenvalue weighted by atomic mass is 9.98. The average Bonchev–Trinajstić information content (AvgIpc) is 2.66. The Morgan fingerprint density at radius 2 is 2.06 bits per heavy atom. The Balaban J connectivity index is 1.90. The second-order valence-electron chi connectivity index (χ2n) is 5.07. The Hall–Kier alpha value is -0.940. The minimum atomic E-state index is -0.516. The fourth-order valence-corrected chi connectivity index (χ4v) is 2.16. The monoisotopic (exact) mass is 239 g/mol.